The van der Waals surface area contributed by atoms with E-state index in [1.54, 1.807) is 30.3 Å². The molecule has 2 atom stereocenters. The quantitative estimate of drug-likeness (QED) is 0.222. The lowest BCUT2D eigenvalue weighted by atomic mass is 10.00. The first-order chi connectivity index (χ1) is 21.2. The molecule has 0 aliphatic carbocycles. The van der Waals surface area contributed by atoms with Gasteiger partial charge < -0.3 is 30.1 Å². The minimum absolute atomic E-state index is 0.0508. The van der Waals surface area contributed by atoms with Crippen molar-refractivity contribution in [2.45, 2.75) is 52.0 Å². The van der Waals surface area contributed by atoms with Gasteiger partial charge in [-0.1, -0.05) is 13.0 Å². The number of carbonyl (C=O) groups is 2. The van der Waals surface area contributed by atoms with Crippen molar-refractivity contribution in [3.63, 3.8) is 0 Å². The number of aryl methyl sites for hydroxylation is 1. The molecule has 1 aliphatic rings. The van der Waals surface area contributed by atoms with E-state index in [9.17, 15) is 19.1 Å². The van der Waals surface area contributed by atoms with Crippen LogP contribution in [0.3, 0.4) is 0 Å². The number of methoxy groups -OCH3 is 1. The van der Waals surface area contributed by atoms with Crippen LogP contribution in [0.25, 0.3) is 0 Å². The summed E-state index contributed by atoms with van der Waals surface area (Å²) in [6.45, 7) is 6.39. The molecular weight excluding hydrogens is 567 g/mol. The van der Waals surface area contributed by atoms with Crippen molar-refractivity contribution in [3.8, 4) is 11.5 Å². The zero-order valence-electron chi connectivity index (χ0n) is 25.7. The van der Waals surface area contributed by atoms with Gasteiger partial charge in [-0.05, 0) is 76.0 Å². The predicted octanol–water partition coefficient (Wildman–Crippen LogP) is 5.75. The summed E-state index contributed by atoms with van der Waals surface area (Å²) >= 11 is 0. The number of amides is 2. The summed E-state index contributed by atoms with van der Waals surface area (Å²) in [6, 6.07) is 11.1. The maximum absolute atomic E-state index is 14.9. The molecule has 44 heavy (non-hydrogen) atoms. The summed E-state index contributed by atoms with van der Waals surface area (Å²) in [5.74, 6) is 0.395. The average molecular weight is 609 g/mol. The van der Waals surface area contributed by atoms with Gasteiger partial charge in [0.2, 0.25) is 11.9 Å². The maximum atomic E-state index is 14.9. The van der Waals surface area contributed by atoms with Crippen molar-refractivity contribution >= 4 is 35.1 Å². The smallest absolute Gasteiger partial charge is 0.417 e. The summed E-state index contributed by atoms with van der Waals surface area (Å²) in [6.07, 6.45) is 3.88. The molecule has 3 aromatic rings. The number of benzene rings is 2. The first-order valence-corrected chi connectivity index (χ1v) is 14.9. The highest BCUT2D eigenvalue weighted by atomic mass is 19.1. The van der Waals surface area contributed by atoms with E-state index >= 15 is 0 Å². The van der Waals surface area contributed by atoms with Crippen molar-refractivity contribution in [3.05, 3.63) is 60.0 Å². The van der Waals surface area contributed by atoms with Crippen LogP contribution in [0.5, 0.6) is 11.5 Å². The molecule has 3 N–H and O–H groups in total. The van der Waals surface area contributed by atoms with Crippen LogP contribution in [0, 0.1) is 11.7 Å². The fraction of sp³-hybridized carbons (Fsp3) is 0.438. The van der Waals surface area contributed by atoms with Crippen molar-refractivity contribution in [2.75, 3.05) is 44.1 Å². The Morgan fingerprint density at radius 1 is 1.20 bits per heavy atom. The standard InChI is InChI=1S/C32H41FN6O5/c1-5-21(2)35-30(40)13-9-22-8-11-26(28(17-22)43-4)39(32(41)42)29-14-15-34-31(37-29)36-24-10-12-27(25(33)18-24)44-20-23-7-6-16-38(3)19-23/h8,10-12,14-15,17-18,21,23H,5-7,9,13,16,19-20H2,1-4H3,(H,35,40)(H,41,42)(H,34,36,37). The Hall–Kier alpha value is -4.45. The molecule has 0 bridgehead atoms. The zero-order valence-corrected chi connectivity index (χ0v) is 25.7. The van der Waals surface area contributed by atoms with Crippen LogP contribution in [0.15, 0.2) is 48.7 Å². The molecule has 0 spiro atoms. The second-order valence-corrected chi connectivity index (χ2v) is 11.1. The van der Waals surface area contributed by atoms with E-state index in [2.05, 4.69) is 32.5 Å². The second-order valence-electron chi connectivity index (χ2n) is 11.1. The molecule has 2 amide bonds. The number of likely N-dealkylation sites (tertiary alicyclic amines) is 1. The number of rotatable bonds is 13. The van der Waals surface area contributed by atoms with Gasteiger partial charge >= 0.3 is 6.09 Å². The summed E-state index contributed by atoms with van der Waals surface area (Å²) in [7, 11) is 3.52. The van der Waals surface area contributed by atoms with Crippen LogP contribution in [0.2, 0.25) is 0 Å². The molecule has 2 aromatic carbocycles. The Bertz CT molecular complexity index is 1440. The Morgan fingerprint density at radius 2 is 2.02 bits per heavy atom. The van der Waals surface area contributed by atoms with E-state index in [0.29, 0.717) is 36.8 Å². The predicted molar refractivity (Wildman–Crippen MR) is 167 cm³/mol. The van der Waals surface area contributed by atoms with Crippen molar-refractivity contribution in [1.82, 2.24) is 20.2 Å². The van der Waals surface area contributed by atoms with E-state index in [1.807, 2.05) is 13.8 Å². The lowest BCUT2D eigenvalue weighted by Crippen LogP contribution is -2.34. The normalized spacial score (nSPS) is 15.7. The van der Waals surface area contributed by atoms with Gasteiger partial charge in [0.05, 0.1) is 19.4 Å². The fourth-order valence-corrected chi connectivity index (χ4v) is 5.07. The van der Waals surface area contributed by atoms with Crippen LogP contribution >= 0.6 is 0 Å². The molecule has 236 valence electrons. The van der Waals surface area contributed by atoms with Gasteiger partial charge in [0.15, 0.2) is 11.6 Å². The van der Waals surface area contributed by atoms with Crippen LogP contribution in [0.4, 0.5) is 32.3 Å². The largest absolute Gasteiger partial charge is 0.495 e. The molecule has 0 saturated carbocycles. The number of hydrogen-bond acceptors (Lipinski definition) is 8. The first kappa shape index (κ1) is 32.5. The lowest BCUT2D eigenvalue weighted by molar-refractivity contribution is -0.121. The Labute approximate surface area is 257 Å². The summed E-state index contributed by atoms with van der Waals surface area (Å²) in [5.41, 5.74) is 1.44. The van der Waals surface area contributed by atoms with E-state index in [4.69, 9.17) is 9.47 Å². The minimum Gasteiger partial charge on any atom is -0.495 e. The third-order valence-electron chi connectivity index (χ3n) is 7.59. The fourth-order valence-electron chi connectivity index (χ4n) is 5.07. The average Bonchev–Trinajstić information content (AvgIpc) is 3.00. The lowest BCUT2D eigenvalue weighted by Gasteiger charge is -2.29. The van der Waals surface area contributed by atoms with Crippen molar-refractivity contribution in [2.24, 2.45) is 5.92 Å². The maximum Gasteiger partial charge on any atom is 0.417 e. The topological polar surface area (TPSA) is 129 Å². The minimum atomic E-state index is -1.29. The van der Waals surface area contributed by atoms with Crippen LogP contribution in [-0.4, -0.2) is 71.9 Å². The summed E-state index contributed by atoms with van der Waals surface area (Å²) in [4.78, 5) is 36.4. The number of hydrogen-bond donors (Lipinski definition) is 3. The number of nitrogens with one attached hydrogen (secondary N) is 2. The zero-order chi connectivity index (χ0) is 31.6. The highest BCUT2D eigenvalue weighted by molar-refractivity contribution is 5.95. The molecule has 0 radical (unpaired) electrons. The van der Waals surface area contributed by atoms with Gasteiger partial charge in [-0.25, -0.2) is 19.1 Å². The Balaban J connectivity index is 1.45. The van der Waals surface area contributed by atoms with E-state index in [1.165, 1.54) is 25.4 Å². The van der Waals surface area contributed by atoms with Gasteiger partial charge in [-0.2, -0.15) is 4.98 Å². The first-order valence-electron chi connectivity index (χ1n) is 14.9. The van der Waals surface area contributed by atoms with Gasteiger partial charge in [0, 0.05) is 48.9 Å². The molecule has 1 fully saturated rings. The number of carboxylic acid groups (broad SMARTS) is 1. The van der Waals surface area contributed by atoms with Crippen LogP contribution in [-0.2, 0) is 11.2 Å². The van der Waals surface area contributed by atoms with E-state index < -0.39 is 11.9 Å². The van der Waals surface area contributed by atoms with Gasteiger partial charge in [0.1, 0.15) is 11.6 Å². The SMILES string of the molecule is CCC(C)NC(=O)CCc1ccc(N(C(=O)O)c2ccnc(Nc3ccc(OCC4CCCN(C)C4)c(F)c3)n2)c(OC)c1. The number of halogens is 1. The van der Waals surface area contributed by atoms with Crippen LogP contribution < -0.4 is 25.0 Å². The second kappa shape index (κ2) is 15.3. The Kier molecular flexibility index (Phi) is 11.3. The van der Waals surface area contributed by atoms with E-state index in [-0.39, 0.29) is 35.2 Å². The summed E-state index contributed by atoms with van der Waals surface area (Å²) < 4.78 is 26.2. The molecule has 1 saturated heterocycles. The van der Waals surface area contributed by atoms with Gasteiger partial charge in [0.25, 0.3) is 0 Å². The third-order valence-corrected chi connectivity index (χ3v) is 7.59. The molecule has 12 heteroatoms. The number of ether oxygens (including phenoxy) is 2. The van der Waals surface area contributed by atoms with Crippen molar-refractivity contribution in [1.29, 1.82) is 0 Å². The van der Waals surface area contributed by atoms with Gasteiger partial charge in [-0.15, -0.1) is 0 Å². The number of piperidine rings is 1. The molecule has 11 nitrogen and oxygen atoms in total. The molecular formula is C32H41FN6O5. The van der Waals surface area contributed by atoms with Crippen molar-refractivity contribution < 1.29 is 28.6 Å². The molecule has 1 aliphatic heterocycles. The highest BCUT2D eigenvalue weighted by Gasteiger charge is 2.24. The monoisotopic (exact) mass is 608 g/mol. The molecule has 2 heterocycles. The third kappa shape index (κ3) is 8.79. The molecule has 4 rings (SSSR count). The molecule has 2 unspecified atom stereocenters. The van der Waals surface area contributed by atoms with Gasteiger partial charge in [-0.3, -0.25) is 4.79 Å². The van der Waals surface area contributed by atoms with Crippen LogP contribution in [0.1, 0.15) is 45.1 Å². The highest BCUT2D eigenvalue weighted by Crippen LogP contribution is 2.35. The summed E-state index contributed by atoms with van der Waals surface area (Å²) in [5, 5.41) is 16.0. The number of carbonyl (C=O) groups excluding carboxylic acids is 1. The number of anilines is 4. The Morgan fingerprint density at radius 3 is 2.73 bits per heavy atom. The molecule has 1 aromatic heterocycles. The number of nitrogens with zero attached hydrogens (tertiary/aromatic N) is 4. The number of aromatic nitrogens is 2. The van der Waals surface area contributed by atoms with E-state index in [0.717, 1.165) is 42.8 Å².